The number of fused-ring (bicyclic) bond motifs is 2. The topological polar surface area (TPSA) is 87.4 Å². The van der Waals surface area contributed by atoms with E-state index in [2.05, 4.69) is 20.0 Å². The molecule has 0 saturated carbocycles. The van der Waals surface area contributed by atoms with Crippen molar-refractivity contribution in [2.45, 2.75) is 24.9 Å². The summed E-state index contributed by atoms with van der Waals surface area (Å²) < 4.78 is 1.54. The highest BCUT2D eigenvalue weighted by Crippen LogP contribution is 2.30. The number of piperazine rings is 1. The van der Waals surface area contributed by atoms with E-state index < -0.39 is 0 Å². The van der Waals surface area contributed by atoms with Gasteiger partial charge in [0.1, 0.15) is 12.7 Å². The van der Waals surface area contributed by atoms with Crippen molar-refractivity contribution in [1.29, 1.82) is 0 Å². The van der Waals surface area contributed by atoms with Crippen LogP contribution in [0.3, 0.4) is 0 Å². The summed E-state index contributed by atoms with van der Waals surface area (Å²) in [4.78, 5) is 25.3. The summed E-state index contributed by atoms with van der Waals surface area (Å²) >= 11 is 0. The van der Waals surface area contributed by atoms with Gasteiger partial charge in [-0.05, 0) is 25.0 Å². The molecule has 1 N–H and O–H groups in total. The molecule has 2 aromatic rings. The molecule has 0 spiro atoms. The van der Waals surface area contributed by atoms with Crippen molar-refractivity contribution in [3.8, 4) is 5.82 Å². The zero-order valence-electron chi connectivity index (χ0n) is 13.3. The minimum absolute atomic E-state index is 0.0271. The highest BCUT2D eigenvalue weighted by Gasteiger charge is 2.40. The highest BCUT2D eigenvalue weighted by atomic mass is 16.3. The lowest BCUT2D eigenvalue weighted by Crippen LogP contribution is -2.55. The van der Waals surface area contributed by atoms with Gasteiger partial charge in [-0.15, -0.1) is 0 Å². The lowest BCUT2D eigenvalue weighted by molar-refractivity contribution is 0.0394. The molecule has 4 rings (SSSR count). The summed E-state index contributed by atoms with van der Waals surface area (Å²) in [6.07, 6.45) is 6.81. The van der Waals surface area contributed by atoms with Crippen LogP contribution >= 0.6 is 0 Å². The number of likely N-dealkylation sites (tertiary alicyclic amines) is 1. The molecule has 2 saturated heterocycles. The maximum Gasteiger partial charge on any atom is 0.254 e. The lowest BCUT2D eigenvalue weighted by Gasteiger charge is -2.40. The van der Waals surface area contributed by atoms with Crippen molar-refractivity contribution in [3.63, 3.8) is 0 Å². The molecular weight excluding hydrogens is 308 g/mol. The van der Waals surface area contributed by atoms with Crippen LogP contribution < -0.4 is 0 Å². The fourth-order valence-electron chi connectivity index (χ4n) is 3.82. The second-order valence-electron chi connectivity index (χ2n) is 6.30. The third-order valence-corrected chi connectivity index (χ3v) is 4.92. The number of carbonyl (C=O) groups excluding carboxylic acids is 1. The Morgan fingerprint density at radius 2 is 2.08 bits per heavy atom. The molecule has 2 aliphatic heterocycles. The Balaban J connectivity index is 1.52. The largest absolute Gasteiger partial charge is 0.395 e. The Kier molecular flexibility index (Phi) is 3.99. The van der Waals surface area contributed by atoms with E-state index in [1.165, 1.54) is 6.33 Å². The number of amides is 1. The quantitative estimate of drug-likeness (QED) is 0.846. The van der Waals surface area contributed by atoms with Crippen molar-refractivity contribution in [2.24, 2.45) is 0 Å². The molecule has 0 radical (unpaired) electrons. The molecule has 1 amide bonds. The fourth-order valence-corrected chi connectivity index (χ4v) is 3.82. The number of aliphatic hydroxyl groups is 1. The Morgan fingerprint density at radius 3 is 2.75 bits per heavy atom. The van der Waals surface area contributed by atoms with E-state index in [1.807, 2.05) is 4.90 Å². The number of aromatic nitrogens is 4. The molecule has 2 bridgehead atoms. The van der Waals surface area contributed by atoms with Crippen LogP contribution in [0.25, 0.3) is 5.82 Å². The number of carbonyl (C=O) groups is 1. The van der Waals surface area contributed by atoms with Gasteiger partial charge in [-0.1, -0.05) is 0 Å². The van der Waals surface area contributed by atoms with Crippen molar-refractivity contribution in [3.05, 3.63) is 36.5 Å². The van der Waals surface area contributed by atoms with Crippen LogP contribution in [0, 0.1) is 0 Å². The summed E-state index contributed by atoms with van der Waals surface area (Å²) in [5.74, 6) is 0.611. The molecule has 0 aromatic carbocycles. The molecule has 8 heteroatoms. The van der Waals surface area contributed by atoms with Gasteiger partial charge < -0.3 is 10.0 Å². The summed E-state index contributed by atoms with van der Waals surface area (Å²) in [5.41, 5.74) is 0.616. The monoisotopic (exact) mass is 328 g/mol. The normalized spacial score (nSPS) is 23.6. The summed E-state index contributed by atoms with van der Waals surface area (Å²) in [7, 11) is 0. The van der Waals surface area contributed by atoms with Crippen molar-refractivity contribution in [2.75, 3.05) is 26.2 Å². The van der Waals surface area contributed by atoms with Gasteiger partial charge in [-0.3, -0.25) is 9.69 Å². The third kappa shape index (κ3) is 2.67. The number of hydrogen-bond donors (Lipinski definition) is 1. The average Bonchev–Trinajstić information content (AvgIpc) is 3.21. The Bertz CT molecular complexity index is 705. The maximum absolute atomic E-state index is 12.9. The van der Waals surface area contributed by atoms with E-state index in [9.17, 15) is 9.90 Å². The predicted octanol–water partition coefficient (Wildman–Crippen LogP) is -0.0566. The Morgan fingerprint density at radius 1 is 1.29 bits per heavy atom. The standard InChI is InChI=1S/C16H20N6O2/c23-6-5-21-13-1-2-14(21)9-20(8-13)16(24)12-3-4-18-15(7-12)22-11-17-10-19-22/h3-4,7,10-11,13-14,23H,1-2,5-6,8-9H2/t13-,14+. The van der Waals surface area contributed by atoms with Gasteiger partial charge >= 0.3 is 0 Å². The molecule has 8 nitrogen and oxygen atoms in total. The first-order valence-electron chi connectivity index (χ1n) is 8.23. The Labute approximate surface area is 139 Å². The number of nitrogens with zero attached hydrogens (tertiary/aromatic N) is 6. The second-order valence-corrected chi connectivity index (χ2v) is 6.30. The average molecular weight is 328 g/mol. The fraction of sp³-hybridized carbons (Fsp3) is 0.500. The summed E-state index contributed by atoms with van der Waals surface area (Å²) in [5, 5.41) is 13.3. The molecule has 2 fully saturated rings. The molecule has 0 aliphatic carbocycles. The smallest absolute Gasteiger partial charge is 0.254 e. The first-order valence-corrected chi connectivity index (χ1v) is 8.23. The number of rotatable bonds is 4. The molecule has 24 heavy (non-hydrogen) atoms. The molecule has 4 heterocycles. The number of aliphatic hydroxyl groups excluding tert-OH is 1. The third-order valence-electron chi connectivity index (χ3n) is 4.92. The van der Waals surface area contributed by atoms with Crippen LogP contribution in [-0.4, -0.2) is 78.9 Å². The van der Waals surface area contributed by atoms with Gasteiger partial charge in [0.05, 0.1) is 6.61 Å². The Hall–Kier alpha value is -2.32. The molecule has 126 valence electrons. The van der Waals surface area contributed by atoms with E-state index in [1.54, 1.807) is 29.3 Å². The van der Waals surface area contributed by atoms with Crippen molar-refractivity contribution < 1.29 is 9.90 Å². The van der Waals surface area contributed by atoms with E-state index >= 15 is 0 Å². The molecule has 2 aromatic heterocycles. The summed E-state index contributed by atoms with van der Waals surface area (Å²) in [6.45, 7) is 2.31. The van der Waals surface area contributed by atoms with E-state index in [4.69, 9.17) is 0 Å². The first kappa shape index (κ1) is 15.2. The molecular formula is C16H20N6O2. The van der Waals surface area contributed by atoms with Crippen LogP contribution in [0.4, 0.5) is 0 Å². The predicted molar refractivity (Wildman–Crippen MR) is 85.7 cm³/mol. The first-order chi connectivity index (χ1) is 11.8. The van der Waals surface area contributed by atoms with Crippen LogP contribution in [0.1, 0.15) is 23.2 Å². The van der Waals surface area contributed by atoms with Crippen LogP contribution in [0.2, 0.25) is 0 Å². The van der Waals surface area contributed by atoms with Crippen LogP contribution in [0.5, 0.6) is 0 Å². The van der Waals surface area contributed by atoms with E-state index in [0.29, 0.717) is 30.0 Å². The van der Waals surface area contributed by atoms with Gasteiger partial charge in [0.25, 0.3) is 5.91 Å². The van der Waals surface area contributed by atoms with Crippen molar-refractivity contribution in [1.82, 2.24) is 29.5 Å². The van der Waals surface area contributed by atoms with Gasteiger partial charge in [-0.25, -0.2) is 14.6 Å². The second kappa shape index (κ2) is 6.29. The van der Waals surface area contributed by atoms with E-state index in [0.717, 1.165) is 25.9 Å². The van der Waals surface area contributed by atoms with Gasteiger partial charge in [0.2, 0.25) is 0 Å². The van der Waals surface area contributed by atoms with Crippen LogP contribution in [0.15, 0.2) is 31.0 Å². The maximum atomic E-state index is 12.9. The minimum atomic E-state index is 0.0271. The molecule has 0 unspecified atom stereocenters. The lowest BCUT2D eigenvalue weighted by atomic mass is 10.1. The van der Waals surface area contributed by atoms with Crippen LogP contribution in [-0.2, 0) is 0 Å². The summed E-state index contributed by atoms with van der Waals surface area (Å²) in [6, 6.07) is 4.21. The molecule has 2 atom stereocenters. The van der Waals surface area contributed by atoms with Gasteiger partial charge in [-0.2, -0.15) is 5.10 Å². The van der Waals surface area contributed by atoms with Crippen molar-refractivity contribution >= 4 is 5.91 Å². The number of pyridine rings is 1. The van der Waals surface area contributed by atoms with E-state index in [-0.39, 0.29) is 12.5 Å². The number of hydrogen-bond acceptors (Lipinski definition) is 6. The zero-order chi connectivity index (χ0) is 16.5. The zero-order valence-corrected chi connectivity index (χ0v) is 13.3. The van der Waals surface area contributed by atoms with Gasteiger partial charge in [0, 0.05) is 43.5 Å². The molecule has 2 aliphatic rings. The highest BCUT2D eigenvalue weighted by molar-refractivity contribution is 5.94. The SMILES string of the molecule is O=C(c1ccnc(-n2cncn2)c1)N1C[C@H]2CC[C@@H](C1)N2CCO. The van der Waals surface area contributed by atoms with Gasteiger partial charge in [0.15, 0.2) is 5.82 Å². The minimum Gasteiger partial charge on any atom is -0.395 e.